The maximum atomic E-state index is 11.9. The molecule has 1 unspecified atom stereocenters. The van der Waals surface area contributed by atoms with Crippen LogP contribution in [0.1, 0.15) is 26.2 Å². The SMILES string of the molecule is CC(CC(N)=NO)N(C)CCCC(F)(F)F. The summed E-state index contributed by atoms with van der Waals surface area (Å²) in [6.45, 7) is 2.14. The molecule has 0 aromatic heterocycles. The highest BCUT2D eigenvalue weighted by atomic mass is 19.4. The summed E-state index contributed by atoms with van der Waals surface area (Å²) in [5, 5.41) is 11.2. The van der Waals surface area contributed by atoms with Crippen molar-refractivity contribution in [3.63, 3.8) is 0 Å². The Morgan fingerprint density at radius 2 is 2.06 bits per heavy atom. The number of alkyl halides is 3. The van der Waals surface area contributed by atoms with Crippen LogP contribution >= 0.6 is 0 Å². The first-order chi connectivity index (χ1) is 7.26. The van der Waals surface area contributed by atoms with E-state index in [4.69, 9.17) is 10.9 Å². The molecule has 1 atom stereocenters. The lowest BCUT2D eigenvalue weighted by atomic mass is 10.2. The van der Waals surface area contributed by atoms with Gasteiger partial charge in [0.25, 0.3) is 0 Å². The van der Waals surface area contributed by atoms with Crippen molar-refractivity contribution in [2.45, 2.75) is 38.4 Å². The molecule has 0 fully saturated rings. The maximum absolute atomic E-state index is 11.9. The molecule has 0 aliphatic heterocycles. The minimum absolute atomic E-state index is 0.0517. The number of halogens is 3. The Morgan fingerprint density at radius 3 is 2.50 bits per heavy atom. The van der Waals surface area contributed by atoms with E-state index >= 15 is 0 Å². The second kappa shape index (κ2) is 6.57. The summed E-state index contributed by atoms with van der Waals surface area (Å²) in [6.07, 6.45) is -4.50. The van der Waals surface area contributed by atoms with Crippen LogP contribution in [0.4, 0.5) is 13.2 Å². The van der Waals surface area contributed by atoms with E-state index in [9.17, 15) is 13.2 Å². The molecule has 96 valence electrons. The average molecular weight is 241 g/mol. The molecule has 0 amide bonds. The minimum atomic E-state index is -4.10. The van der Waals surface area contributed by atoms with Gasteiger partial charge in [-0.2, -0.15) is 13.2 Å². The lowest BCUT2D eigenvalue weighted by Gasteiger charge is -2.24. The smallest absolute Gasteiger partial charge is 0.389 e. The van der Waals surface area contributed by atoms with Crippen molar-refractivity contribution < 1.29 is 18.4 Å². The van der Waals surface area contributed by atoms with Crippen molar-refractivity contribution in [2.75, 3.05) is 13.6 Å². The van der Waals surface area contributed by atoms with Gasteiger partial charge in [-0.25, -0.2) is 0 Å². The summed E-state index contributed by atoms with van der Waals surface area (Å²) in [5.74, 6) is 0.0789. The van der Waals surface area contributed by atoms with Gasteiger partial charge in [-0.1, -0.05) is 5.16 Å². The third-order valence-electron chi connectivity index (χ3n) is 2.36. The number of nitrogens with zero attached hydrogens (tertiary/aromatic N) is 2. The standard InChI is InChI=1S/C9H18F3N3O/c1-7(6-8(13)14-16)15(2)5-3-4-9(10,11)12/h7,16H,3-6H2,1-2H3,(H2,13,14). The highest BCUT2D eigenvalue weighted by Crippen LogP contribution is 2.21. The molecule has 3 N–H and O–H groups in total. The Kier molecular flexibility index (Phi) is 6.17. The summed E-state index contributed by atoms with van der Waals surface area (Å²) >= 11 is 0. The number of rotatable bonds is 6. The molecule has 0 aliphatic rings. The lowest BCUT2D eigenvalue weighted by Crippen LogP contribution is -2.34. The Bertz CT molecular complexity index is 231. The second-order valence-electron chi connectivity index (χ2n) is 3.84. The first-order valence-electron chi connectivity index (χ1n) is 4.99. The summed E-state index contributed by atoms with van der Waals surface area (Å²) in [6, 6.07) is -0.0517. The van der Waals surface area contributed by atoms with Crippen LogP contribution in [-0.2, 0) is 0 Å². The Labute approximate surface area is 92.9 Å². The Hall–Kier alpha value is -0.980. The van der Waals surface area contributed by atoms with E-state index in [1.54, 1.807) is 11.9 Å². The zero-order chi connectivity index (χ0) is 12.8. The van der Waals surface area contributed by atoms with Crippen molar-refractivity contribution in [1.29, 1.82) is 0 Å². The lowest BCUT2D eigenvalue weighted by molar-refractivity contribution is -0.136. The van der Waals surface area contributed by atoms with Crippen LogP contribution in [0.15, 0.2) is 5.16 Å². The molecule has 0 bridgehead atoms. The molecule has 0 saturated carbocycles. The molecule has 0 saturated heterocycles. The molecule has 16 heavy (non-hydrogen) atoms. The summed E-state index contributed by atoms with van der Waals surface area (Å²) in [5.41, 5.74) is 5.30. The summed E-state index contributed by atoms with van der Waals surface area (Å²) in [4.78, 5) is 1.75. The van der Waals surface area contributed by atoms with Crippen molar-refractivity contribution in [3.05, 3.63) is 0 Å². The normalized spacial score (nSPS) is 15.5. The van der Waals surface area contributed by atoms with Crippen LogP contribution in [0.3, 0.4) is 0 Å². The number of oxime groups is 1. The molecule has 0 rings (SSSR count). The van der Waals surface area contributed by atoms with Crippen LogP contribution in [-0.4, -0.2) is 41.8 Å². The van der Waals surface area contributed by atoms with Gasteiger partial charge in [0.15, 0.2) is 0 Å². The number of hydrogen-bond donors (Lipinski definition) is 2. The third kappa shape index (κ3) is 7.33. The zero-order valence-corrected chi connectivity index (χ0v) is 9.46. The van der Waals surface area contributed by atoms with E-state index in [0.717, 1.165) is 0 Å². The monoisotopic (exact) mass is 241 g/mol. The molecule has 0 heterocycles. The van der Waals surface area contributed by atoms with Gasteiger partial charge >= 0.3 is 6.18 Å². The maximum Gasteiger partial charge on any atom is 0.389 e. The van der Waals surface area contributed by atoms with Crippen LogP contribution in [0, 0.1) is 0 Å². The predicted molar refractivity (Wildman–Crippen MR) is 55.4 cm³/mol. The zero-order valence-electron chi connectivity index (χ0n) is 9.46. The summed E-state index contributed by atoms with van der Waals surface area (Å²) < 4.78 is 35.6. The molecular formula is C9H18F3N3O. The van der Waals surface area contributed by atoms with E-state index in [1.807, 2.05) is 6.92 Å². The molecule has 0 aromatic carbocycles. The Morgan fingerprint density at radius 1 is 1.50 bits per heavy atom. The average Bonchev–Trinajstić information content (AvgIpc) is 2.15. The minimum Gasteiger partial charge on any atom is -0.409 e. The van der Waals surface area contributed by atoms with Gasteiger partial charge in [0, 0.05) is 18.9 Å². The van der Waals surface area contributed by atoms with E-state index in [2.05, 4.69) is 5.16 Å². The topological polar surface area (TPSA) is 61.9 Å². The first kappa shape index (κ1) is 15.0. The number of hydrogen-bond acceptors (Lipinski definition) is 3. The van der Waals surface area contributed by atoms with Crippen LogP contribution in [0.5, 0.6) is 0 Å². The quantitative estimate of drug-likeness (QED) is 0.322. The summed E-state index contributed by atoms with van der Waals surface area (Å²) in [7, 11) is 1.71. The fraction of sp³-hybridized carbons (Fsp3) is 0.889. The third-order valence-corrected chi connectivity index (χ3v) is 2.36. The van der Waals surface area contributed by atoms with Gasteiger partial charge in [-0.15, -0.1) is 0 Å². The van der Waals surface area contributed by atoms with Gasteiger partial charge in [0.2, 0.25) is 0 Å². The van der Waals surface area contributed by atoms with Crippen LogP contribution in [0.2, 0.25) is 0 Å². The van der Waals surface area contributed by atoms with Crippen molar-refractivity contribution in [1.82, 2.24) is 4.90 Å². The van der Waals surface area contributed by atoms with Crippen molar-refractivity contribution in [2.24, 2.45) is 10.9 Å². The molecule has 7 heteroatoms. The van der Waals surface area contributed by atoms with Gasteiger partial charge < -0.3 is 15.8 Å². The van der Waals surface area contributed by atoms with Gasteiger partial charge in [0.1, 0.15) is 5.84 Å². The van der Waals surface area contributed by atoms with E-state index in [0.29, 0.717) is 13.0 Å². The number of nitrogens with two attached hydrogens (primary N) is 1. The van der Waals surface area contributed by atoms with Gasteiger partial charge in [0.05, 0.1) is 0 Å². The van der Waals surface area contributed by atoms with E-state index < -0.39 is 12.6 Å². The molecular weight excluding hydrogens is 223 g/mol. The molecule has 0 radical (unpaired) electrons. The van der Waals surface area contributed by atoms with Crippen LogP contribution < -0.4 is 5.73 Å². The van der Waals surface area contributed by atoms with Crippen molar-refractivity contribution >= 4 is 5.84 Å². The predicted octanol–water partition coefficient (Wildman–Crippen LogP) is 1.79. The molecule has 0 spiro atoms. The molecule has 0 aliphatic carbocycles. The first-order valence-corrected chi connectivity index (χ1v) is 4.99. The van der Waals surface area contributed by atoms with Crippen molar-refractivity contribution in [3.8, 4) is 0 Å². The molecule has 0 aromatic rings. The second-order valence-corrected chi connectivity index (χ2v) is 3.84. The fourth-order valence-corrected chi connectivity index (χ4v) is 1.25. The highest BCUT2D eigenvalue weighted by Gasteiger charge is 2.26. The Balaban J connectivity index is 3.84. The van der Waals surface area contributed by atoms with Gasteiger partial charge in [-0.3, -0.25) is 0 Å². The van der Waals surface area contributed by atoms with Crippen LogP contribution in [0.25, 0.3) is 0 Å². The van der Waals surface area contributed by atoms with E-state index in [-0.39, 0.29) is 18.3 Å². The number of amidine groups is 1. The fourth-order valence-electron chi connectivity index (χ4n) is 1.25. The van der Waals surface area contributed by atoms with Gasteiger partial charge in [-0.05, 0) is 26.9 Å². The van der Waals surface area contributed by atoms with E-state index in [1.165, 1.54) is 0 Å². The highest BCUT2D eigenvalue weighted by molar-refractivity contribution is 5.80. The molecule has 4 nitrogen and oxygen atoms in total. The largest absolute Gasteiger partial charge is 0.409 e.